The number of carbonyl (C=O) groups is 2. The van der Waals surface area contributed by atoms with Gasteiger partial charge in [-0.25, -0.2) is 4.79 Å². The molecule has 0 bridgehead atoms. The molecule has 2 aliphatic heterocycles. The molecule has 2 heterocycles. The molecule has 0 saturated carbocycles. The Morgan fingerprint density at radius 3 is 2.68 bits per heavy atom. The topological polar surface area (TPSA) is 70.7 Å². The van der Waals surface area contributed by atoms with E-state index in [1.807, 2.05) is 31.2 Å². The Morgan fingerprint density at radius 2 is 2.00 bits per heavy atom. The van der Waals surface area contributed by atoms with Crippen molar-refractivity contribution in [1.29, 1.82) is 0 Å². The van der Waals surface area contributed by atoms with E-state index in [2.05, 4.69) is 10.6 Å². The second kappa shape index (κ2) is 5.81. The average molecular weight is 301 g/mol. The lowest BCUT2D eigenvalue weighted by molar-refractivity contribution is -0.126. The van der Waals surface area contributed by atoms with E-state index in [1.54, 1.807) is 12.0 Å². The number of methoxy groups -OCH3 is 1. The van der Waals surface area contributed by atoms with Crippen molar-refractivity contribution < 1.29 is 14.3 Å². The van der Waals surface area contributed by atoms with Crippen LogP contribution in [0, 0.1) is 6.92 Å². The Morgan fingerprint density at radius 1 is 1.27 bits per heavy atom. The maximum absolute atomic E-state index is 12.6. The fourth-order valence-electron chi connectivity index (χ4n) is 2.82. The van der Waals surface area contributed by atoms with Crippen LogP contribution >= 0.6 is 0 Å². The highest BCUT2D eigenvalue weighted by Crippen LogP contribution is 2.32. The van der Waals surface area contributed by atoms with Gasteiger partial charge in [0.1, 0.15) is 0 Å². The van der Waals surface area contributed by atoms with Crippen LogP contribution in [0.5, 0.6) is 0 Å². The van der Waals surface area contributed by atoms with Gasteiger partial charge in [-0.3, -0.25) is 4.79 Å². The van der Waals surface area contributed by atoms with Gasteiger partial charge in [-0.2, -0.15) is 0 Å². The molecule has 1 aromatic rings. The van der Waals surface area contributed by atoms with Crippen LogP contribution in [0.3, 0.4) is 0 Å². The number of carbonyl (C=O) groups excluding carboxylic acids is 2. The molecule has 0 aliphatic carbocycles. The molecule has 1 aromatic carbocycles. The minimum absolute atomic E-state index is 0.0508. The third-order valence-corrected chi connectivity index (χ3v) is 4.00. The Kier molecular flexibility index (Phi) is 3.85. The molecule has 0 radical (unpaired) electrons. The van der Waals surface area contributed by atoms with Gasteiger partial charge in [0.2, 0.25) is 0 Å². The number of amides is 3. The quantitative estimate of drug-likeness (QED) is 0.874. The molecule has 0 saturated heterocycles. The third kappa shape index (κ3) is 2.57. The van der Waals surface area contributed by atoms with Gasteiger partial charge >= 0.3 is 6.03 Å². The van der Waals surface area contributed by atoms with Crippen LogP contribution in [0.2, 0.25) is 0 Å². The second-order valence-corrected chi connectivity index (χ2v) is 5.55. The summed E-state index contributed by atoms with van der Waals surface area (Å²) in [7, 11) is 1.60. The largest absolute Gasteiger partial charge is 0.383 e. The first-order valence-corrected chi connectivity index (χ1v) is 7.25. The predicted octanol–water partition coefficient (Wildman–Crippen LogP) is 1.09. The number of urea groups is 1. The van der Waals surface area contributed by atoms with Crippen molar-refractivity contribution in [2.45, 2.75) is 13.0 Å². The average Bonchev–Trinajstić information content (AvgIpc) is 2.81. The molecular formula is C16H19N3O3. The van der Waals surface area contributed by atoms with E-state index in [4.69, 9.17) is 4.74 Å². The molecular weight excluding hydrogens is 282 g/mol. The lowest BCUT2D eigenvalue weighted by Gasteiger charge is -2.25. The molecule has 116 valence electrons. The molecule has 6 heteroatoms. The summed E-state index contributed by atoms with van der Waals surface area (Å²) in [6, 6.07) is 7.18. The monoisotopic (exact) mass is 301 g/mol. The molecule has 1 atom stereocenters. The molecule has 0 fully saturated rings. The minimum Gasteiger partial charge on any atom is -0.383 e. The van der Waals surface area contributed by atoms with Crippen LogP contribution in [0.15, 0.2) is 35.5 Å². The zero-order valence-electron chi connectivity index (χ0n) is 12.7. The van der Waals surface area contributed by atoms with Crippen molar-refractivity contribution in [3.8, 4) is 0 Å². The Bertz CT molecular complexity index is 637. The van der Waals surface area contributed by atoms with Gasteiger partial charge < -0.3 is 20.3 Å². The fourth-order valence-corrected chi connectivity index (χ4v) is 2.82. The predicted molar refractivity (Wildman–Crippen MR) is 81.1 cm³/mol. The molecule has 2 aliphatic rings. The van der Waals surface area contributed by atoms with E-state index < -0.39 is 6.04 Å². The van der Waals surface area contributed by atoms with Gasteiger partial charge in [-0.05, 0) is 12.5 Å². The lowest BCUT2D eigenvalue weighted by Crippen LogP contribution is -2.44. The Balaban J connectivity index is 1.90. The van der Waals surface area contributed by atoms with Crippen molar-refractivity contribution in [2.24, 2.45) is 0 Å². The van der Waals surface area contributed by atoms with Gasteiger partial charge in [-0.15, -0.1) is 0 Å². The van der Waals surface area contributed by atoms with E-state index in [9.17, 15) is 9.59 Å². The molecule has 0 aromatic heterocycles. The van der Waals surface area contributed by atoms with E-state index in [0.717, 1.165) is 11.1 Å². The molecule has 3 rings (SSSR count). The van der Waals surface area contributed by atoms with Crippen LogP contribution in [0.1, 0.15) is 17.2 Å². The first-order chi connectivity index (χ1) is 10.6. The van der Waals surface area contributed by atoms with E-state index in [0.29, 0.717) is 31.0 Å². The summed E-state index contributed by atoms with van der Waals surface area (Å²) in [5.41, 5.74) is 3.36. The van der Waals surface area contributed by atoms with E-state index >= 15 is 0 Å². The van der Waals surface area contributed by atoms with Crippen molar-refractivity contribution in [3.05, 3.63) is 46.7 Å². The maximum Gasteiger partial charge on any atom is 0.319 e. The molecule has 2 N–H and O–H groups in total. The summed E-state index contributed by atoms with van der Waals surface area (Å²) in [5.74, 6) is -0.0508. The summed E-state index contributed by atoms with van der Waals surface area (Å²) >= 11 is 0. The highest BCUT2D eigenvalue weighted by Gasteiger charge is 2.40. The number of ether oxygens (including phenoxy) is 1. The summed E-state index contributed by atoms with van der Waals surface area (Å²) in [6.07, 6.45) is 0. The number of hydrogen-bond donors (Lipinski definition) is 2. The van der Waals surface area contributed by atoms with E-state index in [-0.39, 0.29) is 11.9 Å². The Hall–Kier alpha value is -2.34. The third-order valence-electron chi connectivity index (χ3n) is 4.00. The molecule has 0 spiro atoms. The Labute approximate surface area is 129 Å². The number of aryl methyl sites for hydroxylation is 1. The number of nitrogens with one attached hydrogen (secondary N) is 2. The van der Waals surface area contributed by atoms with Crippen LogP contribution in [-0.4, -0.2) is 43.6 Å². The summed E-state index contributed by atoms with van der Waals surface area (Å²) in [5, 5.41) is 5.60. The van der Waals surface area contributed by atoms with Gasteiger partial charge in [0, 0.05) is 13.7 Å². The van der Waals surface area contributed by atoms with Gasteiger partial charge in [0.25, 0.3) is 5.91 Å². The van der Waals surface area contributed by atoms with Crippen molar-refractivity contribution in [2.75, 3.05) is 26.8 Å². The lowest BCUT2D eigenvalue weighted by atomic mass is 9.95. The first-order valence-electron chi connectivity index (χ1n) is 7.25. The fraction of sp³-hybridized carbons (Fsp3) is 0.375. The SMILES string of the molecule is COCCN1CC2=C(C1=O)[C@@H](c1ccc(C)cc1)NC(=O)N2. The van der Waals surface area contributed by atoms with Crippen molar-refractivity contribution in [3.63, 3.8) is 0 Å². The second-order valence-electron chi connectivity index (χ2n) is 5.55. The zero-order valence-corrected chi connectivity index (χ0v) is 12.7. The van der Waals surface area contributed by atoms with Gasteiger partial charge in [0.15, 0.2) is 0 Å². The van der Waals surface area contributed by atoms with Gasteiger partial charge in [0.05, 0.1) is 30.5 Å². The highest BCUT2D eigenvalue weighted by molar-refractivity contribution is 6.01. The minimum atomic E-state index is -0.399. The van der Waals surface area contributed by atoms with Crippen LogP contribution in [-0.2, 0) is 9.53 Å². The number of nitrogens with zero attached hydrogens (tertiary/aromatic N) is 1. The van der Waals surface area contributed by atoms with E-state index in [1.165, 1.54) is 0 Å². The molecule has 6 nitrogen and oxygen atoms in total. The van der Waals surface area contributed by atoms with Crippen LogP contribution in [0.25, 0.3) is 0 Å². The standard InChI is InChI=1S/C16H19N3O3/c1-10-3-5-11(6-4-10)14-13-12(17-16(21)18-14)9-19(15(13)20)7-8-22-2/h3-6,14H,7-9H2,1-2H3,(H2,17,18,21)/t14-/m1/s1. The summed E-state index contributed by atoms with van der Waals surface area (Å²) in [6.45, 7) is 3.41. The normalized spacial score (nSPS) is 20.8. The molecule has 22 heavy (non-hydrogen) atoms. The van der Waals surface area contributed by atoms with Gasteiger partial charge in [-0.1, -0.05) is 29.8 Å². The summed E-state index contributed by atoms with van der Waals surface area (Å²) in [4.78, 5) is 26.2. The highest BCUT2D eigenvalue weighted by atomic mass is 16.5. The maximum atomic E-state index is 12.6. The van der Waals surface area contributed by atoms with Crippen molar-refractivity contribution >= 4 is 11.9 Å². The number of benzene rings is 1. The molecule has 0 unspecified atom stereocenters. The summed E-state index contributed by atoms with van der Waals surface area (Å²) < 4.78 is 5.04. The van der Waals surface area contributed by atoms with Crippen molar-refractivity contribution in [1.82, 2.24) is 15.5 Å². The molecule has 3 amide bonds. The van der Waals surface area contributed by atoms with Crippen LogP contribution in [0.4, 0.5) is 4.79 Å². The number of hydrogen-bond acceptors (Lipinski definition) is 3. The smallest absolute Gasteiger partial charge is 0.319 e. The zero-order chi connectivity index (χ0) is 15.7. The number of rotatable bonds is 4. The first kappa shape index (κ1) is 14.6. The van der Waals surface area contributed by atoms with Crippen LogP contribution < -0.4 is 10.6 Å².